The Bertz CT molecular complexity index is 852. The summed E-state index contributed by atoms with van der Waals surface area (Å²) >= 11 is 5.65. The van der Waals surface area contributed by atoms with Gasteiger partial charge in [0.25, 0.3) is 5.91 Å². The SMILES string of the molecule is Cc1ccc(C(=O)CCC(=O)O[C@H](C)C(=O)Nc2ccc(Cl)cc2F)cc1. The molecule has 2 aromatic carbocycles. The fourth-order valence-corrected chi connectivity index (χ4v) is 2.39. The van der Waals surface area contributed by atoms with Crippen LogP contribution in [0.4, 0.5) is 10.1 Å². The number of amides is 1. The van der Waals surface area contributed by atoms with Gasteiger partial charge < -0.3 is 10.1 Å². The summed E-state index contributed by atoms with van der Waals surface area (Å²) in [5.41, 5.74) is 1.47. The lowest BCUT2D eigenvalue weighted by atomic mass is 10.1. The highest BCUT2D eigenvalue weighted by molar-refractivity contribution is 6.30. The Morgan fingerprint density at radius 3 is 2.41 bits per heavy atom. The number of carbonyl (C=O) groups excluding carboxylic acids is 3. The maximum atomic E-state index is 13.7. The van der Waals surface area contributed by atoms with E-state index < -0.39 is 23.8 Å². The number of hydrogen-bond acceptors (Lipinski definition) is 4. The maximum Gasteiger partial charge on any atom is 0.307 e. The van der Waals surface area contributed by atoms with Gasteiger partial charge >= 0.3 is 5.97 Å². The van der Waals surface area contributed by atoms with Crippen molar-refractivity contribution in [3.63, 3.8) is 0 Å². The van der Waals surface area contributed by atoms with E-state index >= 15 is 0 Å². The van der Waals surface area contributed by atoms with E-state index in [0.29, 0.717) is 5.56 Å². The zero-order chi connectivity index (χ0) is 20.0. The van der Waals surface area contributed by atoms with Crippen LogP contribution in [0.1, 0.15) is 35.7 Å². The molecule has 0 saturated carbocycles. The number of benzene rings is 2. The van der Waals surface area contributed by atoms with Crippen molar-refractivity contribution in [2.75, 3.05) is 5.32 Å². The van der Waals surface area contributed by atoms with Crippen molar-refractivity contribution < 1.29 is 23.5 Å². The van der Waals surface area contributed by atoms with Crippen molar-refractivity contribution in [3.05, 3.63) is 64.4 Å². The first kappa shape index (κ1) is 20.6. The molecule has 0 aliphatic carbocycles. The summed E-state index contributed by atoms with van der Waals surface area (Å²) < 4.78 is 18.7. The highest BCUT2D eigenvalue weighted by Crippen LogP contribution is 2.19. The predicted octanol–water partition coefficient (Wildman–Crippen LogP) is 4.32. The van der Waals surface area contributed by atoms with E-state index in [2.05, 4.69) is 5.32 Å². The molecule has 0 fully saturated rings. The van der Waals surface area contributed by atoms with Gasteiger partial charge in [0.05, 0.1) is 12.1 Å². The second-order valence-electron chi connectivity index (χ2n) is 6.03. The zero-order valence-corrected chi connectivity index (χ0v) is 15.7. The lowest BCUT2D eigenvalue weighted by molar-refractivity contribution is -0.153. The molecule has 0 bridgehead atoms. The molecule has 0 saturated heterocycles. The van der Waals surface area contributed by atoms with Crippen LogP contribution in [-0.2, 0) is 14.3 Å². The quantitative estimate of drug-likeness (QED) is 0.563. The van der Waals surface area contributed by atoms with Gasteiger partial charge in [-0.2, -0.15) is 0 Å². The highest BCUT2D eigenvalue weighted by Gasteiger charge is 2.20. The van der Waals surface area contributed by atoms with Crippen molar-refractivity contribution >= 4 is 34.9 Å². The third kappa shape index (κ3) is 6.18. The Hall–Kier alpha value is -2.73. The van der Waals surface area contributed by atoms with Crippen LogP contribution in [0.25, 0.3) is 0 Å². The lowest BCUT2D eigenvalue weighted by Gasteiger charge is -2.14. The molecule has 0 aliphatic rings. The second-order valence-corrected chi connectivity index (χ2v) is 6.47. The van der Waals surface area contributed by atoms with Crippen molar-refractivity contribution in [2.24, 2.45) is 0 Å². The van der Waals surface area contributed by atoms with Gasteiger partial charge in [0.2, 0.25) is 0 Å². The zero-order valence-electron chi connectivity index (χ0n) is 14.9. The molecule has 2 aromatic rings. The maximum absolute atomic E-state index is 13.7. The van der Waals surface area contributed by atoms with Gasteiger partial charge in [-0.25, -0.2) is 4.39 Å². The van der Waals surface area contributed by atoms with Crippen LogP contribution in [0, 0.1) is 12.7 Å². The van der Waals surface area contributed by atoms with Crippen molar-refractivity contribution in [1.82, 2.24) is 0 Å². The molecule has 0 aromatic heterocycles. The van der Waals surface area contributed by atoms with Crippen LogP contribution >= 0.6 is 11.6 Å². The minimum atomic E-state index is -1.14. The average Bonchev–Trinajstić information content (AvgIpc) is 2.62. The smallest absolute Gasteiger partial charge is 0.307 e. The molecule has 7 heteroatoms. The van der Waals surface area contributed by atoms with Crippen LogP contribution < -0.4 is 5.32 Å². The van der Waals surface area contributed by atoms with Gasteiger partial charge in [0.1, 0.15) is 5.82 Å². The van der Waals surface area contributed by atoms with Gasteiger partial charge in [-0.15, -0.1) is 0 Å². The van der Waals surface area contributed by atoms with Crippen LogP contribution in [0.2, 0.25) is 5.02 Å². The van der Waals surface area contributed by atoms with Gasteiger partial charge in [-0.05, 0) is 32.0 Å². The summed E-state index contributed by atoms with van der Waals surface area (Å²) in [4.78, 5) is 35.9. The van der Waals surface area contributed by atoms with E-state index in [1.807, 2.05) is 19.1 Å². The van der Waals surface area contributed by atoms with E-state index in [0.717, 1.165) is 11.6 Å². The summed E-state index contributed by atoms with van der Waals surface area (Å²) in [7, 11) is 0. The first-order valence-corrected chi connectivity index (χ1v) is 8.69. The number of hydrogen-bond donors (Lipinski definition) is 1. The molecule has 2 rings (SSSR count). The van der Waals surface area contributed by atoms with Crippen LogP contribution in [0.3, 0.4) is 0 Å². The van der Waals surface area contributed by atoms with E-state index in [-0.39, 0.29) is 29.3 Å². The molecule has 0 heterocycles. The number of Topliss-reactive ketones (excluding diaryl/α,β-unsaturated/α-hetero) is 1. The fraction of sp³-hybridized carbons (Fsp3) is 0.250. The number of anilines is 1. The standard InChI is InChI=1S/C20H19ClFNO4/c1-12-3-5-14(6-4-12)18(24)9-10-19(25)27-13(2)20(26)23-17-8-7-15(21)11-16(17)22/h3-8,11,13H,9-10H2,1-2H3,(H,23,26)/t13-/m1/s1. The number of aryl methyl sites for hydroxylation is 1. The van der Waals surface area contributed by atoms with E-state index in [4.69, 9.17) is 16.3 Å². The molecule has 5 nitrogen and oxygen atoms in total. The number of nitrogens with one attached hydrogen (secondary N) is 1. The monoisotopic (exact) mass is 391 g/mol. The van der Waals surface area contributed by atoms with Gasteiger partial charge in [-0.1, -0.05) is 41.4 Å². The topological polar surface area (TPSA) is 72.5 Å². The third-order valence-electron chi connectivity index (χ3n) is 3.80. The van der Waals surface area contributed by atoms with E-state index in [1.165, 1.54) is 19.1 Å². The Morgan fingerprint density at radius 2 is 1.78 bits per heavy atom. The number of rotatable bonds is 7. The first-order chi connectivity index (χ1) is 12.8. The molecule has 1 N–H and O–H groups in total. The second kappa shape index (κ2) is 9.28. The Balaban J connectivity index is 1.82. The molecule has 0 radical (unpaired) electrons. The summed E-state index contributed by atoms with van der Waals surface area (Å²) in [6.07, 6.45) is -1.32. The number of carbonyl (C=O) groups is 3. The number of halogens is 2. The molecular formula is C20H19ClFNO4. The molecule has 27 heavy (non-hydrogen) atoms. The summed E-state index contributed by atoms with van der Waals surface area (Å²) in [5, 5.41) is 2.52. The fourth-order valence-electron chi connectivity index (χ4n) is 2.23. The third-order valence-corrected chi connectivity index (χ3v) is 4.03. The Morgan fingerprint density at radius 1 is 1.11 bits per heavy atom. The molecule has 0 spiro atoms. The predicted molar refractivity (Wildman–Crippen MR) is 100 cm³/mol. The number of ketones is 1. The molecule has 142 valence electrons. The molecule has 0 aliphatic heterocycles. The number of esters is 1. The first-order valence-electron chi connectivity index (χ1n) is 8.31. The largest absolute Gasteiger partial charge is 0.453 e. The summed E-state index contributed by atoms with van der Waals surface area (Å²) in [5.74, 6) is -2.26. The molecule has 1 atom stereocenters. The van der Waals surface area contributed by atoms with Crippen LogP contribution in [0.5, 0.6) is 0 Å². The molecular weight excluding hydrogens is 373 g/mol. The summed E-state index contributed by atoms with van der Waals surface area (Å²) in [6, 6.07) is 10.8. The van der Waals surface area contributed by atoms with E-state index in [1.54, 1.807) is 12.1 Å². The average molecular weight is 392 g/mol. The minimum Gasteiger partial charge on any atom is -0.453 e. The summed E-state index contributed by atoms with van der Waals surface area (Å²) in [6.45, 7) is 3.27. The van der Waals surface area contributed by atoms with Gasteiger partial charge in [0, 0.05) is 17.0 Å². The Kier molecular flexibility index (Phi) is 7.07. The lowest BCUT2D eigenvalue weighted by Crippen LogP contribution is -2.30. The van der Waals surface area contributed by atoms with Crippen LogP contribution in [-0.4, -0.2) is 23.8 Å². The normalized spacial score (nSPS) is 11.6. The van der Waals surface area contributed by atoms with Crippen molar-refractivity contribution in [2.45, 2.75) is 32.8 Å². The molecule has 1 amide bonds. The van der Waals surface area contributed by atoms with E-state index in [9.17, 15) is 18.8 Å². The highest BCUT2D eigenvalue weighted by atomic mass is 35.5. The minimum absolute atomic E-state index is 0.0257. The van der Waals surface area contributed by atoms with Gasteiger partial charge in [0.15, 0.2) is 11.9 Å². The van der Waals surface area contributed by atoms with Crippen molar-refractivity contribution in [3.8, 4) is 0 Å². The Labute approximate surface area is 161 Å². The number of ether oxygens (including phenoxy) is 1. The van der Waals surface area contributed by atoms with Crippen molar-refractivity contribution in [1.29, 1.82) is 0 Å². The molecule has 0 unspecified atom stereocenters. The van der Waals surface area contributed by atoms with Crippen LogP contribution in [0.15, 0.2) is 42.5 Å². The van der Waals surface area contributed by atoms with Gasteiger partial charge in [-0.3, -0.25) is 14.4 Å².